The van der Waals surface area contributed by atoms with Gasteiger partial charge in [0.25, 0.3) is 0 Å². The van der Waals surface area contributed by atoms with E-state index in [1.807, 2.05) is 0 Å². The number of nitrogens with one attached hydrogen (secondary N) is 3. The van der Waals surface area contributed by atoms with Crippen LogP contribution in [0.15, 0.2) is 18.2 Å². The summed E-state index contributed by atoms with van der Waals surface area (Å²) in [6.07, 6.45) is 5.21. The molecule has 9 heteroatoms. The number of hydrogen-bond donors (Lipinski definition) is 3. The van der Waals surface area contributed by atoms with Crippen molar-refractivity contribution in [2.24, 2.45) is 0 Å². The minimum atomic E-state index is -0.832. The van der Waals surface area contributed by atoms with Gasteiger partial charge in [-0.1, -0.05) is 19.3 Å². The van der Waals surface area contributed by atoms with E-state index in [-0.39, 0.29) is 37.1 Å². The number of piperazine rings is 1. The first-order chi connectivity index (χ1) is 14.1. The number of carbonyl (C=O) groups is 3. The van der Waals surface area contributed by atoms with Crippen LogP contribution in [0.3, 0.4) is 0 Å². The summed E-state index contributed by atoms with van der Waals surface area (Å²) in [7, 11) is 0. The zero-order valence-electron chi connectivity index (χ0n) is 16.2. The molecular formula is C20H26N4O5. The van der Waals surface area contributed by atoms with Crippen LogP contribution < -0.4 is 25.4 Å². The fourth-order valence-corrected chi connectivity index (χ4v) is 4.03. The van der Waals surface area contributed by atoms with Crippen molar-refractivity contribution in [3.8, 4) is 11.5 Å². The summed E-state index contributed by atoms with van der Waals surface area (Å²) in [6.45, 7) is 0.920. The molecule has 0 radical (unpaired) electrons. The monoisotopic (exact) mass is 402 g/mol. The molecule has 1 saturated carbocycles. The summed E-state index contributed by atoms with van der Waals surface area (Å²) in [5.74, 6) is 0.532. The van der Waals surface area contributed by atoms with E-state index in [0.717, 1.165) is 25.7 Å². The van der Waals surface area contributed by atoms with Gasteiger partial charge in [-0.25, -0.2) is 4.79 Å². The van der Waals surface area contributed by atoms with Crippen LogP contribution in [-0.2, 0) is 9.59 Å². The second-order valence-electron chi connectivity index (χ2n) is 7.60. The van der Waals surface area contributed by atoms with E-state index < -0.39 is 6.04 Å². The van der Waals surface area contributed by atoms with Gasteiger partial charge in [0.15, 0.2) is 11.5 Å². The zero-order valence-corrected chi connectivity index (χ0v) is 16.2. The molecule has 2 heterocycles. The Morgan fingerprint density at radius 3 is 2.76 bits per heavy atom. The Kier molecular flexibility index (Phi) is 5.73. The third-order valence-corrected chi connectivity index (χ3v) is 5.56. The van der Waals surface area contributed by atoms with Crippen LogP contribution in [0.5, 0.6) is 11.5 Å². The molecule has 0 spiro atoms. The topological polar surface area (TPSA) is 109 Å². The fourth-order valence-electron chi connectivity index (χ4n) is 4.03. The predicted octanol–water partition coefficient (Wildman–Crippen LogP) is 1.59. The van der Waals surface area contributed by atoms with Crippen molar-refractivity contribution < 1.29 is 23.9 Å². The summed E-state index contributed by atoms with van der Waals surface area (Å²) in [5.41, 5.74) is 0.550. The van der Waals surface area contributed by atoms with E-state index in [0.29, 0.717) is 30.3 Å². The highest BCUT2D eigenvalue weighted by Gasteiger charge is 2.35. The third-order valence-electron chi connectivity index (χ3n) is 5.56. The highest BCUT2D eigenvalue weighted by Crippen LogP contribution is 2.34. The molecule has 1 aliphatic carbocycles. The maximum atomic E-state index is 12.8. The average molecular weight is 402 g/mol. The SMILES string of the molecule is O=C(C[C@H]1C(=O)NCCN1C(=O)NC1CCCCC1)Nc1ccc2c(c1)OCO2. The number of benzene rings is 1. The van der Waals surface area contributed by atoms with Crippen LogP contribution in [0.2, 0.25) is 0 Å². The molecule has 0 unspecified atom stereocenters. The van der Waals surface area contributed by atoms with E-state index in [4.69, 9.17) is 9.47 Å². The van der Waals surface area contributed by atoms with Gasteiger partial charge >= 0.3 is 6.03 Å². The van der Waals surface area contributed by atoms with E-state index in [9.17, 15) is 14.4 Å². The number of rotatable bonds is 4. The summed E-state index contributed by atoms with van der Waals surface area (Å²) >= 11 is 0. The summed E-state index contributed by atoms with van der Waals surface area (Å²) in [5, 5.41) is 8.55. The Labute approximate surface area is 169 Å². The Bertz CT molecular complexity index is 793. The van der Waals surface area contributed by atoms with Crippen LogP contribution in [0.4, 0.5) is 10.5 Å². The first kappa shape index (κ1) is 19.4. The molecule has 0 aromatic heterocycles. The molecule has 1 aromatic carbocycles. The van der Waals surface area contributed by atoms with E-state index in [1.54, 1.807) is 18.2 Å². The van der Waals surface area contributed by atoms with Gasteiger partial charge in [-0.05, 0) is 25.0 Å². The highest BCUT2D eigenvalue weighted by atomic mass is 16.7. The standard InChI is InChI=1S/C20H26N4O5/c25-18(22-14-6-7-16-17(10-14)29-12-28-16)11-15-19(26)21-8-9-24(15)20(27)23-13-4-2-1-3-5-13/h6-7,10,13,15H,1-5,8-9,11-12H2,(H,21,26)(H,22,25)(H,23,27)/t15-/m0/s1. The average Bonchev–Trinajstić information content (AvgIpc) is 3.18. The van der Waals surface area contributed by atoms with Crippen molar-refractivity contribution in [2.45, 2.75) is 50.6 Å². The lowest BCUT2D eigenvalue weighted by molar-refractivity contribution is -0.131. The van der Waals surface area contributed by atoms with E-state index >= 15 is 0 Å². The largest absolute Gasteiger partial charge is 0.454 e. The second-order valence-corrected chi connectivity index (χ2v) is 7.60. The third kappa shape index (κ3) is 4.55. The highest BCUT2D eigenvalue weighted by molar-refractivity contribution is 5.97. The van der Waals surface area contributed by atoms with Gasteiger partial charge in [0.05, 0.1) is 6.42 Å². The number of urea groups is 1. The molecule has 4 rings (SSSR count). The number of nitrogens with zero attached hydrogens (tertiary/aromatic N) is 1. The van der Waals surface area contributed by atoms with Gasteiger partial charge in [0.1, 0.15) is 6.04 Å². The Hall–Kier alpha value is -2.97. The molecule has 9 nitrogen and oxygen atoms in total. The molecule has 4 amide bonds. The van der Waals surface area contributed by atoms with Gasteiger partial charge in [-0.15, -0.1) is 0 Å². The van der Waals surface area contributed by atoms with E-state index in [1.165, 1.54) is 11.3 Å². The minimum Gasteiger partial charge on any atom is -0.454 e. The smallest absolute Gasteiger partial charge is 0.318 e. The molecule has 29 heavy (non-hydrogen) atoms. The summed E-state index contributed by atoms with van der Waals surface area (Å²) < 4.78 is 10.6. The van der Waals surface area contributed by atoms with Crippen molar-refractivity contribution in [1.29, 1.82) is 0 Å². The Morgan fingerprint density at radius 2 is 1.93 bits per heavy atom. The molecule has 2 aliphatic heterocycles. The molecule has 1 atom stereocenters. The number of carbonyl (C=O) groups excluding carboxylic acids is 3. The van der Waals surface area contributed by atoms with Gasteiger partial charge in [-0.3, -0.25) is 9.59 Å². The molecular weight excluding hydrogens is 376 g/mol. The van der Waals surface area contributed by atoms with Gasteiger partial charge in [-0.2, -0.15) is 0 Å². The van der Waals surface area contributed by atoms with Gasteiger partial charge in [0.2, 0.25) is 18.6 Å². The predicted molar refractivity (Wildman–Crippen MR) is 105 cm³/mol. The number of ether oxygens (including phenoxy) is 2. The van der Waals surface area contributed by atoms with Crippen molar-refractivity contribution in [3.63, 3.8) is 0 Å². The molecule has 3 aliphatic rings. The normalized spacial score (nSPS) is 21.4. The summed E-state index contributed by atoms with van der Waals surface area (Å²) in [6, 6.07) is 4.14. The second kappa shape index (κ2) is 8.59. The molecule has 0 bridgehead atoms. The first-order valence-corrected chi connectivity index (χ1v) is 10.1. The lowest BCUT2D eigenvalue weighted by Crippen LogP contribution is -2.61. The van der Waals surface area contributed by atoms with Crippen LogP contribution in [0.1, 0.15) is 38.5 Å². The Morgan fingerprint density at radius 1 is 1.14 bits per heavy atom. The van der Waals surface area contributed by atoms with Crippen LogP contribution in [-0.4, -0.2) is 54.7 Å². The van der Waals surface area contributed by atoms with Crippen LogP contribution in [0, 0.1) is 0 Å². The van der Waals surface area contributed by atoms with Crippen molar-refractivity contribution in [3.05, 3.63) is 18.2 Å². The van der Waals surface area contributed by atoms with E-state index in [2.05, 4.69) is 16.0 Å². The maximum Gasteiger partial charge on any atom is 0.318 e. The van der Waals surface area contributed by atoms with Gasteiger partial charge in [0, 0.05) is 30.9 Å². The quantitative estimate of drug-likeness (QED) is 0.709. The zero-order chi connectivity index (χ0) is 20.2. The number of fused-ring (bicyclic) bond motifs is 1. The van der Waals surface area contributed by atoms with Crippen molar-refractivity contribution >= 4 is 23.5 Å². The molecule has 1 saturated heterocycles. The van der Waals surface area contributed by atoms with Gasteiger partial charge < -0.3 is 30.3 Å². The van der Waals surface area contributed by atoms with Crippen LogP contribution in [0.25, 0.3) is 0 Å². The number of amides is 4. The molecule has 3 N–H and O–H groups in total. The fraction of sp³-hybridized carbons (Fsp3) is 0.550. The number of hydrogen-bond acceptors (Lipinski definition) is 5. The summed E-state index contributed by atoms with van der Waals surface area (Å²) in [4.78, 5) is 39.2. The maximum absolute atomic E-state index is 12.8. The molecule has 156 valence electrons. The number of anilines is 1. The Balaban J connectivity index is 1.38. The lowest BCUT2D eigenvalue weighted by Gasteiger charge is -2.36. The van der Waals surface area contributed by atoms with Crippen molar-refractivity contribution in [1.82, 2.24) is 15.5 Å². The lowest BCUT2D eigenvalue weighted by atomic mass is 9.95. The molecule has 1 aromatic rings. The molecule has 2 fully saturated rings. The van der Waals surface area contributed by atoms with Crippen molar-refractivity contribution in [2.75, 3.05) is 25.2 Å². The minimum absolute atomic E-state index is 0.113. The van der Waals surface area contributed by atoms with Crippen LogP contribution >= 0.6 is 0 Å². The first-order valence-electron chi connectivity index (χ1n) is 10.1.